The van der Waals surface area contributed by atoms with E-state index in [2.05, 4.69) is 5.32 Å². The molecule has 2 aromatic carbocycles. The molecule has 1 aliphatic heterocycles. The molecule has 1 N–H and O–H groups in total. The lowest BCUT2D eigenvalue weighted by Gasteiger charge is -2.04. The van der Waals surface area contributed by atoms with E-state index in [0.717, 1.165) is 45.7 Å². The lowest BCUT2D eigenvalue weighted by atomic mass is 10.2. The maximum Gasteiger partial charge on any atom is 0.231 e. The van der Waals surface area contributed by atoms with Gasteiger partial charge in [-0.05, 0) is 54.1 Å². The van der Waals surface area contributed by atoms with Gasteiger partial charge in [-0.15, -0.1) is 12.4 Å². The van der Waals surface area contributed by atoms with Crippen molar-refractivity contribution in [1.82, 2.24) is 5.32 Å². The minimum Gasteiger partial charge on any atom is -0.460 e. The van der Waals surface area contributed by atoms with Crippen LogP contribution in [-0.4, -0.2) is 6.79 Å². The highest BCUT2D eigenvalue weighted by Crippen LogP contribution is 2.32. The van der Waals surface area contributed by atoms with Crippen LogP contribution in [0.2, 0.25) is 5.02 Å². The number of halogens is 2. The van der Waals surface area contributed by atoms with Gasteiger partial charge >= 0.3 is 0 Å². The van der Waals surface area contributed by atoms with Gasteiger partial charge in [-0.2, -0.15) is 0 Å². The molecular formula is C19H17Cl2NO3. The predicted octanol–water partition coefficient (Wildman–Crippen LogP) is 5.04. The van der Waals surface area contributed by atoms with Gasteiger partial charge in [-0.25, -0.2) is 0 Å². The molecule has 0 atom stereocenters. The zero-order valence-corrected chi connectivity index (χ0v) is 14.9. The van der Waals surface area contributed by atoms with Crippen LogP contribution in [0.5, 0.6) is 11.5 Å². The second kappa shape index (κ2) is 7.83. The van der Waals surface area contributed by atoms with Crippen LogP contribution in [0.25, 0.3) is 11.3 Å². The van der Waals surface area contributed by atoms with Gasteiger partial charge in [0, 0.05) is 17.1 Å². The summed E-state index contributed by atoms with van der Waals surface area (Å²) in [6.45, 7) is 1.68. The molecule has 6 heteroatoms. The molecule has 4 rings (SSSR count). The third-order valence-electron chi connectivity index (χ3n) is 3.86. The number of fused-ring (bicyclic) bond motifs is 1. The molecule has 2 heterocycles. The zero-order valence-electron chi connectivity index (χ0n) is 13.3. The summed E-state index contributed by atoms with van der Waals surface area (Å²) in [7, 11) is 0. The largest absolute Gasteiger partial charge is 0.460 e. The Labute approximate surface area is 157 Å². The summed E-state index contributed by atoms with van der Waals surface area (Å²) in [6, 6.07) is 17.5. The van der Waals surface area contributed by atoms with Crippen molar-refractivity contribution < 1.29 is 13.9 Å². The SMILES string of the molecule is Cl.Clc1ccc(-c2ccc(CNCc3ccc4c(c3)OCO4)o2)cc1. The molecule has 0 spiro atoms. The Balaban J connectivity index is 0.00000182. The standard InChI is InChI=1S/C19H16ClNO3.ClH/c20-15-4-2-14(3-5-15)17-8-6-16(24-17)11-21-10-13-1-7-18-19(9-13)23-12-22-18;/h1-9,21H,10-12H2;1H. The Kier molecular flexibility index (Phi) is 5.53. The minimum atomic E-state index is 0. The Morgan fingerprint density at radius 3 is 2.52 bits per heavy atom. The molecule has 130 valence electrons. The zero-order chi connectivity index (χ0) is 16.4. The smallest absolute Gasteiger partial charge is 0.231 e. The van der Waals surface area contributed by atoms with E-state index in [9.17, 15) is 0 Å². The predicted molar refractivity (Wildman–Crippen MR) is 99.5 cm³/mol. The first-order valence-corrected chi connectivity index (χ1v) is 8.10. The molecule has 1 aliphatic rings. The summed E-state index contributed by atoms with van der Waals surface area (Å²) in [5.74, 6) is 3.34. The summed E-state index contributed by atoms with van der Waals surface area (Å²) in [5.41, 5.74) is 2.16. The molecule has 0 unspecified atom stereocenters. The Bertz CT molecular complexity index is 846. The number of hydrogen-bond donors (Lipinski definition) is 1. The van der Waals surface area contributed by atoms with Crippen molar-refractivity contribution in [2.24, 2.45) is 0 Å². The fraction of sp³-hybridized carbons (Fsp3) is 0.158. The lowest BCUT2D eigenvalue weighted by molar-refractivity contribution is 0.174. The minimum absolute atomic E-state index is 0. The summed E-state index contributed by atoms with van der Waals surface area (Å²) in [5, 5.41) is 4.09. The van der Waals surface area contributed by atoms with E-state index in [0.29, 0.717) is 13.3 Å². The van der Waals surface area contributed by atoms with E-state index in [1.54, 1.807) is 0 Å². The van der Waals surface area contributed by atoms with Gasteiger partial charge in [0.2, 0.25) is 6.79 Å². The normalized spacial score (nSPS) is 12.0. The van der Waals surface area contributed by atoms with Gasteiger partial charge in [-0.1, -0.05) is 17.7 Å². The van der Waals surface area contributed by atoms with Crippen LogP contribution in [0.4, 0.5) is 0 Å². The monoisotopic (exact) mass is 377 g/mol. The molecular weight excluding hydrogens is 361 g/mol. The van der Waals surface area contributed by atoms with E-state index in [4.69, 9.17) is 25.5 Å². The molecule has 0 saturated carbocycles. The van der Waals surface area contributed by atoms with Crippen LogP contribution in [0.3, 0.4) is 0 Å². The maximum absolute atomic E-state index is 5.91. The van der Waals surface area contributed by atoms with Crippen LogP contribution in [0.15, 0.2) is 59.0 Å². The number of nitrogens with one attached hydrogen (secondary N) is 1. The van der Waals surface area contributed by atoms with Crippen LogP contribution < -0.4 is 14.8 Å². The fourth-order valence-electron chi connectivity index (χ4n) is 2.62. The van der Waals surface area contributed by atoms with Gasteiger partial charge in [0.15, 0.2) is 11.5 Å². The molecule has 3 aromatic rings. The van der Waals surface area contributed by atoms with E-state index in [-0.39, 0.29) is 12.4 Å². The van der Waals surface area contributed by atoms with Crippen molar-refractivity contribution in [1.29, 1.82) is 0 Å². The third kappa shape index (κ3) is 4.10. The molecule has 0 amide bonds. The first kappa shape index (κ1) is 17.7. The first-order chi connectivity index (χ1) is 11.8. The fourth-order valence-corrected chi connectivity index (χ4v) is 2.75. The molecule has 0 fully saturated rings. The number of ether oxygens (including phenoxy) is 2. The molecule has 0 saturated heterocycles. The quantitative estimate of drug-likeness (QED) is 0.676. The molecule has 1 aromatic heterocycles. The summed E-state index contributed by atoms with van der Waals surface area (Å²) >= 11 is 5.91. The van der Waals surface area contributed by atoms with Crippen molar-refractivity contribution in [3.8, 4) is 22.8 Å². The van der Waals surface area contributed by atoms with Gasteiger partial charge in [0.25, 0.3) is 0 Å². The second-order valence-corrected chi connectivity index (χ2v) is 6.00. The van der Waals surface area contributed by atoms with Crippen molar-refractivity contribution in [3.05, 3.63) is 70.9 Å². The highest BCUT2D eigenvalue weighted by atomic mass is 35.5. The van der Waals surface area contributed by atoms with Crippen LogP contribution >= 0.6 is 24.0 Å². The van der Waals surface area contributed by atoms with Gasteiger partial charge < -0.3 is 19.2 Å². The van der Waals surface area contributed by atoms with Crippen LogP contribution in [-0.2, 0) is 13.1 Å². The first-order valence-electron chi connectivity index (χ1n) is 7.72. The summed E-state index contributed by atoms with van der Waals surface area (Å²) in [4.78, 5) is 0. The Morgan fingerprint density at radius 2 is 1.68 bits per heavy atom. The maximum atomic E-state index is 5.91. The van der Waals surface area contributed by atoms with Crippen molar-refractivity contribution in [3.63, 3.8) is 0 Å². The summed E-state index contributed by atoms with van der Waals surface area (Å²) in [6.07, 6.45) is 0. The Hall–Kier alpha value is -2.14. The molecule has 4 nitrogen and oxygen atoms in total. The Morgan fingerprint density at radius 1 is 0.880 bits per heavy atom. The highest BCUT2D eigenvalue weighted by Gasteiger charge is 2.13. The highest BCUT2D eigenvalue weighted by molar-refractivity contribution is 6.30. The number of furan rings is 1. The van der Waals surface area contributed by atoms with Crippen LogP contribution in [0, 0.1) is 0 Å². The average molecular weight is 378 g/mol. The molecule has 0 aliphatic carbocycles. The van der Waals surface area contributed by atoms with Gasteiger partial charge in [0.1, 0.15) is 11.5 Å². The van der Waals surface area contributed by atoms with Crippen molar-refractivity contribution in [2.75, 3.05) is 6.79 Å². The number of rotatable bonds is 5. The van der Waals surface area contributed by atoms with E-state index in [1.165, 1.54) is 0 Å². The van der Waals surface area contributed by atoms with Crippen molar-refractivity contribution >= 4 is 24.0 Å². The third-order valence-corrected chi connectivity index (χ3v) is 4.11. The van der Waals surface area contributed by atoms with E-state index >= 15 is 0 Å². The van der Waals surface area contributed by atoms with Crippen LogP contribution in [0.1, 0.15) is 11.3 Å². The topological polar surface area (TPSA) is 43.6 Å². The summed E-state index contributed by atoms with van der Waals surface area (Å²) < 4.78 is 16.6. The lowest BCUT2D eigenvalue weighted by Crippen LogP contribution is -2.11. The number of hydrogen-bond acceptors (Lipinski definition) is 4. The molecule has 0 bridgehead atoms. The molecule has 25 heavy (non-hydrogen) atoms. The molecule has 0 radical (unpaired) electrons. The number of benzene rings is 2. The van der Waals surface area contributed by atoms with Gasteiger partial charge in [0.05, 0.1) is 6.54 Å². The van der Waals surface area contributed by atoms with Crippen molar-refractivity contribution in [2.45, 2.75) is 13.1 Å². The second-order valence-electron chi connectivity index (χ2n) is 5.56. The van der Waals surface area contributed by atoms with E-state index < -0.39 is 0 Å². The van der Waals surface area contributed by atoms with E-state index in [1.807, 2.05) is 54.6 Å². The van der Waals surface area contributed by atoms with Gasteiger partial charge in [-0.3, -0.25) is 0 Å². The average Bonchev–Trinajstić information content (AvgIpc) is 3.24.